The molecule has 1 nitrogen and oxygen atoms in total. The second-order valence-corrected chi connectivity index (χ2v) is 5.35. The van der Waals surface area contributed by atoms with E-state index >= 15 is 0 Å². The van der Waals surface area contributed by atoms with Gasteiger partial charge in [0.25, 0.3) is 0 Å². The van der Waals surface area contributed by atoms with Gasteiger partial charge < -0.3 is 0 Å². The molecule has 1 aromatic carbocycles. The van der Waals surface area contributed by atoms with E-state index in [-0.39, 0.29) is 11.2 Å². The maximum absolute atomic E-state index is 11.9. The molecule has 15 heavy (non-hydrogen) atoms. The summed E-state index contributed by atoms with van der Waals surface area (Å²) >= 11 is 11.6. The van der Waals surface area contributed by atoms with E-state index in [2.05, 4.69) is 6.92 Å². The molecular weight excluding hydrogens is 231 g/mol. The van der Waals surface area contributed by atoms with Crippen LogP contribution in [0.2, 0.25) is 10.0 Å². The molecule has 0 radical (unpaired) electrons. The number of halogens is 2. The minimum atomic E-state index is 0.161. The SMILES string of the molecule is CC1(CC(=O)c2ccc(Cl)c(Cl)c2)CC1. The molecule has 1 aliphatic carbocycles. The van der Waals surface area contributed by atoms with Crippen molar-refractivity contribution >= 4 is 29.0 Å². The summed E-state index contributed by atoms with van der Waals surface area (Å²) in [7, 11) is 0. The molecule has 0 atom stereocenters. The summed E-state index contributed by atoms with van der Waals surface area (Å²) in [5, 5.41) is 0.939. The highest BCUT2D eigenvalue weighted by atomic mass is 35.5. The Bertz CT molecular complexity index is 408. The summed E-state index contributed by atoms with van der Waals surface area (Å²) in [5.74, 6) is 0.161. The van der Waals surface area contributed by atoms with Crippen molar-refractivity contribution in [2.45, 2.75) is 26.2 Å². The highest BCUT2D eigenvalue weighted by Crippen LogP contribution is 2.48. The number of hydrogen-bond acceptors (Lipinski definition) is 1. The van der Waals surface area contributed by atoms with Gasteiger partial charge in [-0.05, 0) is 36.5 Å². The van der Waals surface area contributed by atoms with Gasteiger partial charge in [0.2, 0.25) is 0 Å². The van der Waals surface area contributed by atoms with Gasteiger partial charge in [-0.1, -0.05) is 30.1 Å². The molecule has 0 aliphatic heterocycles. The van der Waals surface area contributed by atoms with Crippen LogP contribution in [0.4, 0.5) is 0 Å². The van der Waals surface area contributed by atoms with Crippen molar-refractivity contribution in [3.8, 4) is 0 Å². The van der Waals surface area contributed by atoms with Crippen LogP contribution in [-0.4, -0.2) is 5.78 Å². The first kappa shape index (κ1) is 11.0. The monoisotopic (exact) mass is 242 g/mol. The van der Waals surface area contributed by atoms with Crippen LogP contribution in [0.3, 0.4) is 0 Å². The van der Waals surface area contributed by atoms with Crippen molar-refractivity contribution in [1.82, 2.24) is 0 Å². The third kappa shape index (κ3) is 2.53. The van der Waals surface area contributed by atoms with Gasteiger partial charge in [-0.2, -0.15) is 0 Å². The number of benzene rings is 1. The zero-order valence-electron chi connectivity index (χ0n) is 8.52. The Balaban J connectivity index is 2.15. The van der Waals surface area contributed by atoms with Crippen molar-refractivity contribution in [3.05, 3.63) is 33.8 Å². The van der Waals surface area contributed by atoms with Gasteiger partial charge in [-0.3, -0.25) is 4.79 Å². The Hall–Kier alpha value is -0.530. The van der Waals surface area contributed by atoms with E-state index in [0.29, 0.717) is 22.0 Å². The van der Waals surface area contributed by atoms with Gasteiger partial charge in [-0.25, -0.2) is 0 Å². The first-order valence-electron chi connectivity index (χ1n) is 4.98. The van der Waals surface area contributed by atoms with Crippen molar-refractivity contribution in [1.29, 1.82) is 0 Å². The topological polar surface area (TPSA) is 17.1 Å². The molecule has 0 heterocycles. The van der Waals surface area contributed by atoms with E-state index in [1.807, 2.05) is 0 Å². The molecule has 0 amide bonds. The fourth-order valence-corrected chi connectivity index (χ4v) is 1.85. The number of hydrogen-bond donors (Lipinski definition) is 0. The molecule has 0 saturated heterocycles. The van der Waals surface area contributed by atoms with Crippen molar-refractivity contribution in [3.63, 3.8) is 0 Å². The summed E-state index contributed by atoms with van der Waals surface area (Å²) < 4.78 is 0. The number of ketones is 1. The van der Waals surface area contributed by atoms with Crippen molar-refractivity contribution < 1.29 is 4.79 Å². The maximum Gasteiger partial charge on any atom is 0.163 e. The molecule has 2 rings (SSSR count). The summed E-state index contributed by atoms with van der Waals surface area (Å²) in [5.41, 5.74) is 0.904. The minimum Gasteiger partial charge on any atom is -0.294 e. The van der Waals surface area contributed by atoms with E-state index in [1.54, 1.807) is 18.2 Å². The summed E-state index contributed by atoms with van der Waals surface area (Å²) in [6.07, 6.45) is 2.92. The minimum absolute atomic E-state index is 0.161. The first-order valence-corrected chi connectivity index (χ1v) is 5.74. The normalized spacial score (nSPS) is 17.5. The highest BCUT2D eigenvalue weighted by molar-refractivity contribution is 6.42. The number of carbonyl (C=O) groups excluding carboxylic acids is 1. The maximum atomic E-state index is 11.9. The number of carbonyl (C=O) groups is 1. The number of rotatable bonds is 3. The standard InChI is InChI=1S/C12H12Cl2O/c1-12(4-5-12)7-11(15)8-2-3-9(13)10(14)6-8/h2-3,6H,4-5,7H2,1H3. The zero-order valence-corrected chi connectivity index (χ0v) is 10.0. The average molecular weight is 243 g/mol. The molecule has 0 unspecified atom stereocenters. The zero-order chi connectivity index (χ0) is 11.1. The quantitative estimate of drug-likeness (QED) is 0.720. The molecular formula is C12H12Cl2O. The van der Waals surface area contributed by atoms with Gasteiger partial charge >= 0.3 is 0 Å². The Kier molecular flexibility index (Phi) is 2.78. The van der Waals surface area contributed by atoms with Crippen molar-refractivity contribution in [2.75, 3.05) is 0 Å². The lowest BCUT2D eigenvalue weighted by molar-refractivity contribution is 0.0959. The van der Waals surface area contributed by atoms with Crippen LogP contribution in [-0.2, 0) is 0 Å². The Morgan fingerprint density at radius 3 is 2.53 bits per heavy atom. The van der Waals surface area contributed by atoms with Gasteiger partial charge in [0.1, 0.15) is 0 Å². The third-order valence-corrected chi connectivity index (χ3v) is 3.67. The molecule has 1 aliphatic rings. The van der Waals surface area contributed by atoms with Crippen molar-refractivity contribution in [2.24, 2.45) is 5.41 Å². The summed E-state index contributed by atoms with van der Waals surface area (Å²) in [6, 6.07) is 5.06. The van der Waals surface area contributed by atoms with Crippen LogP contribution in [0.15, 0.2) is 18.2 Å². The average Bonchev–Trinajstić information content (AvgIpc) is 2.88. The molecule has 1 aromatic rings. The third-order valence-electron chi connectivity index (χ3n) is 2.93. The predicted octanol–water partition coefficient (Wildman–Crippen LogP) is 4.37. The van der Waals surface area contributed by atoms with Crippen LogP contribution in [0.25, 0.3) is 0 Å². The fourth-order valence-electron chi connectivity index (χ4n) is 1.55. The Morgan fingerprint density at radius 2 is 2.00 bits per heavy atom. The molecule has 0 spiro atoms. The predicted molar refractivity (Wildman–Crippen MR) is 62.8 cm³/mol. The molecule has 1 saturated carbocycles. The Labute approximate surface area is 99.4 Å². The molecule has 0 N–H and O–H groups in total. The number of Topliss-reactive ketones (excluding diaryl/α,β-unsaturated/α-hetero) is 1. The smallest absolute Gasteiger partial charge is 0.163 e. The molecule has 1 fully saturated rings. The lowest BCUT2D eigenvalue weighted by Crippen LogP contribution is -2.06. The second-order valence-electron chi connectivity index (χ2n) is 4.54. The van der Waals surface area contributed by atoms with E-state index in [0.717, 1.165) is 12.8 Å². The van der Waals surface area contributed by atoms with E-state index in [9.17, 15) is 4.79 Å². The van der Waals surface area contributed by atoms with Crippen LogP contribution in [0.1, 0.15) is 36.5 Å². The summed E-state index contributed by atoms with van der Waals surface area (Å²) in [4.78, 5) is 11.9. The second kappa shape index (κ2) is 3.80. The lowest BCUT2D eigenvalue weighted by atomic mass is 9.98. The van der Waals surface area contributed by atoms with E-state index in [1.165, 1.54) is 0 Å². The van der Waals surface area contributed by atoms with Gasteiger partial charge in [0, 0.05) is 12.0 Å². The first-order chi connectivity index (χ1) is 7.00. The van der Waals surface area contributed by atoms with Gasteiger partial charge in [0.15, 0.2) is 5.78 Å². The molecule has 0 bridgehead atoms. The van der Waals surface area contributed by atoms with Crippen LogP contribution < -0.4 is 0 Å². The van der Waals surface area contributed by atoms with Gasteiger partial charge in [0.05, 0.1) is 10.0 Å². The van der Waals surface area contributed by atoms with E-state index in [4.69, 9.17) is 23.2 Å². The van der Waals surface area contributed by atoms with Crippen LogP contribution in [0, 0.1) is 5.41 Å². The summed E-state index contributed by atoms with van der Waals surface area (Å²) in [6.45, 7) is 2.14. The molecule has 3 heteroatoms. The fraction of sp³-hybridized carbons (Fsp3) is 0.417. The molecule has 0 aromatic heterocycles. The van der Waals surface area contributed by atoms with Crippen LogP contribution in [0.5, 0.6) is 0 Å². The molecule has 80 valence electrons. The lowest BCUT2D eigenvalue weighted by Gasteiger charge is -2.07. The van der Waals surface area contributed by atoms with Crippen LogP contribution >= 0.6 is 23.2 Å². The van der Waals surface area contributed by atoms with E-state index < -0.39 is 0 Å². The van der Waals surface area contributed by atoms with Gasteiger partial charge in [-0.15, -0.1) is 0 Å². The highest BCUT2D eigenvalue weighted by Gasteiger charge is 2.39. The Morgan fingerprint density at radius 1 is 1.33 bits per heavy atom. The largest absolute Gasteiger partial charge is 0.294 e.